The molecular weight excluding hydrogens is 428 g/mol. The first-order valence-electron chi connectivity index (χ1n) is 10.5. The van der Waals surface area contributed by atoms with Gasteiger partial charge in [-0.05, 0) is 57.0 Å². The second kappa shape index (κ2) is 10.8. The highest BCUT2D eigenvalue weighted by Crippen LogP contribution is 2.30. The van der Waals surface area contributed by atoms with E-state index in [1.807, 2.05) is 39.8 Å². The predicted octanol–water partition coefficient (Wildman–Crippen LogP) is 1.40. The Morgan fingerprint density at radius 1 is 1.15 bits per heavy atom. The van der Waals surface area contributed by atoms with Gasteiger partial charge in [-0.25, -0.2) is 9.97 Å². The molecule has 176 valence electrons. The normalized spacial score (nSPS) is 11.8. The number of hydrogen-bond donors (Lipinski definition) is 4. The maximum Gasteiger partial charge on any atom is 0.277 e. The van der Waals surface area contributed by atoms with Crippen molar-refractivity contribution >= 4 is 11.9 Å². The monoisotopic (exact) mass is 456 g/mol. The summed E-state index contributed by atoms with van der Waals surface area (Å²) in [5.41, 5.74) is 3.72. The van der Waals surface area contributed by atoms with E-state index in [0.29, 0.717) is 35.7 Å². The molecule has 3 aromatic rings. The van der Waals surface area contributed by atoms with Gasteiger partial charge >= 0.3 is 0 Å². The van der Waals surface area contributed by atoms with Crippen LogP contribution in [-0.4, -0.2) is 68.6 Å². The highest BCUT2D eigenvalue weighted by Gasteiger charge is 2.17. The molecule has 1 amide bonds. The number of rotatable bonds is 10. The lowest BCUT2D eigenvalue weighted by Gasteiger charge is -2.16. The molecule has 0 aliphatic heterocycles. The molecule has 2 aromatic heterocycles. The summed E-state index contributed by atoms with van der Waals surface area (Å²) in [6.45, 7) is 7.63. The summed E-state index contributed by atoms with van der Waals surface area (Å²) in [4.78, 5) is 24.3. The Hall–Kier alpha value is -3.57. The second-order valence-corrected chi connectivity index (χ2v) is 7.54. The number of aryl methyl sites for hydroxylation is 3. The zero-order valence-corrected chi connectivity index (χ0v) is 19.0. The van der Waals surface area contributed by atoms with Gasteiger partial charge in [0.05, 0.1) is 0 Å². The number of nitrogens with one attached hydrogen (secondary N) is 2. The third-order valence-electron chi connectivity index (χ3n) is 4.65. The lowest BCUT2D eigenvalue weighted by Crippen LogP contribution is -2.36. The van der Waals surface area contributed by atoms with E-state index in [9.17, 15) is 9.90 Å². The second-order valence-electron chi connectivity index (χ2n) is 7.54. The van der Waals surface area contributed by atoms with E-state index in [0.717, 1.165) is 22.4 Å². The third kappa shape index (κ3) is 6.24. The van der Waals surface area contributed by atoms with Gasteiger partial charge in [0.1, 0.15) is 30.8 Å². The van der Waals surface area contributed by atoms with Gasteiger partial charge in [0, 0.05) is 24.3 Å². The Bertz CT molecular complexity index is 1090. The van der Waals surface area contributed by atoms with Gasteiger partial charge in [0.15, 0.2) is 0 Å². The third-order valence-corrected chi connectivity index (χ3v) is 4.65. The number of carbonyl (C=O) groups is 1. The molecule has 4 N–H and O–H groups in total. The van der Waals surface area contributed by atoms with E-state index in [1.165, 1.54) is 0 Å². The van der Waals surface area contributed by atoms with Crippen molar-refractivity contribution in [2.45, 2.75) is 33.8 Å². The van der Waals surface area contributed by atoms with Gasteiger partial charge in [-0.1, -0.05) is 5.16 Å². The number of ether oxygens (including phenoxy) is 1. The van der Waals surface area contributed by atoms with E-state index in [-0.39, 0.29) is 13.2 Å². The summed E-state index contributed by atoms with van der Waals surface area (Å²) in [5, 5.41) is 28.3. The molecule has 0 spiro atoms. The van der Waals surface area contributed by atoms with Crippen molar-refractivity contribution in [3.63, 3.8) is 0 Å². The van der Waals surface area contributed by atoms with Crippen LogP contribution in [0.1, 0.15) is 23.7 Å². The maximum absolute atomic E-state index is 11.1. The zero-order chi connectivity index (χ0) is 24.0. The quantitative estimate of drug-likeness (QED) is 0.352. The van der Waals surface area contributed by atoms with Crippen molar-refractivity contribution in [1.29, 1.82) is 0 Å². The van der Waals surface area contributed by atoms with E-state index >= 15 is 0 Å². The Morgan fingerprint density at radius 3 is 2.55 bits per heavy atom. The minimum absolute atomic E-state index is 0.0136. The van der Waals surface area contributed by atoms with Crippen LogP contribution < -0.4 is 15.4 Å². The van der Waals surface area contributed by atoms with Gasteiger partial charge in [0.25, 0.3) is 5.89 Å². The molecule has 1 atom stereocenters. The highest BCUT2D eigenvalue weighted by molar-refractivity contribution is 5.76. The SMILES string of the molecule is CCNc1nc(C)cc(-c2nc(-c3cc(C)c(OC[C@H](O)CNC(=O)CO)c(C)c3)no2)n1. The lowest BCUT2D eigenvalue weighted by molar-refractivity contribution is -0.124. The van der Waals surface area contributed by atoms with Crippen molar-refractivity contribution in [3.8, 4) is 28.7 Å². The van der Waals surface area contributed by atoms with Crippen molar-refractivity contribution in [3.05, 3.63) is 35.0 Å². The van der Waals surface area contributed by atoms with Crippen LogP contribution in [0, 0.1) is 20.8 Å². The fourth-order valence-electron chi connectivity index (χ4n) is 3.19. The summed E-state index contributed by atoms with van der Waals surface area (Å²) in [6, 6.07) is 5.51. The first-order chi connectivity index (χ1) is 15.8. The summed E-state index contributed by atoms with van der Waals surface area (Å²) in [6.07, 6.45) is -0.915. The van der Waals surface area contributed by atoms with Crippen molar-refractivity contribution in [2.24, 2.45) is 0 Å². The number of aliphatic hydroxyl groups excluding tert-OH is 2. The standard InChI is InChI=1S/C22H28N6O5/c1-5-23-22-25-14(4)8-17(26-22)21-27-20(28-33-21)15-6-12(2)19(13(3)7-15)32-11-16(30)9-24-18(31)10-29/h6-8,16,29-30H,5,9-11H2,1-4H3,(H,24,31)(H,23,25,26)/t16-/m1/s1. The minimum atomic E-state index is -0.915. The molecule has 0 unspecified atom stereocenters. The molecule has 0 radical (unpaired) electrons. The van der Waals surface area contributed by atoms with Crippen LogP contribution in [0.4, 0.5) is 5.95 Å². The molecular formula is C22H28N6O5. The molecule has 0 aliphatic rings. The van der Waals surface area contributed by atoms with Gasteiger partial charge in [-0.3, -0.25) is 4.79 Å². The number of hydrogen-bond acceptors (Lipinski definition) is 10. The Morgan fingerprint density at radius 2 is 1.88 bits per heavy atom. The predicted molar refractivity (Wildman–Crippen MR) is 121 cm³/mol. The van der Waals surface area contributed by atoms with Crippen LogP contribution in [0.25, 0.3) is 23.0 Å². The van der Waals surface area contributed by atoms with E-state index in [4.69, 9.17) is 14.4 Å². The number of amides is 1. The molecule has 1 aromatic carbocycles. The summed E-state index contributed by atoms with van der Waals surface area (Å²) < 4.78 is 11.2. The highest BCUT2D eigenvalue weighted by atomic mass is 16.5. The summed E-state index contributed by atoms with van der Waals surface area (Å²) >= 11 is 0. The van der Waals surface area contributed by atoms with Gasteiger partial charge in [-0.15, -0.1) is 0 Å². The molecule has 2 heterocycles. The molecule has 33 heavy (non-hydrogen) atoms. The summed E-state index contributed by atoms with van der Waals surface area (Å²) in [5.74, 6) is 1.27. The fourth-order valence-corrected chi connectivity index (χ4v) is 3.19. The minimum Gasteiger partial charge on any atom is -0.490 e. The van der Waals surface area contributed by atoms with E-state index in [2.05, 4.69) is 30.7 Å². The number of carbonyl (C=O) groups excluding carboxylic acids is 1. The number of anilines is 1. The lowest BCUT2D eigenvalue weighted by atomic mass is 10.1. The number of benzene rings is 1. The molecule has 0 bridgehead atoms. The largest absolute Gasteiger partial charge is 0.490 e. The number of aromatic nitrogens is 4. The Kier molecular flexibility index (Phi) is 7.91. The van der Waals surface area contributed by atoms with Gasteiger partial charge in [-0.2, -0.15) is 4.98 Å². The van der Waals surface area contributed by atoms with Gasteiger partial charge < -0.3 is 30.1 Å². The Labute approximate surface area is 191 Å². The smallest absolute Gasteiger partial charge is 0.277 e. The first kappa shape index (κ1) is 24.1. The average molecular weight is 457 g/mol. The molecule has 0 fully saturated rings. The maximum atomic E-state index is 11.1. The van der Waals surface area contributed by atoms with Crippen LogP contribution in [0.5, 0.6) is 5.75 Å². The topological polar surface area (TPSA) is 156 Å². The van der Waals surface area contributed by atoms with Crippen molar-refractivity contribution in [2.75, 3.05) is 31.6 Å². The molecule has 3 rings (SSSR count). The molecule has 11 nitrogen and oxygen atoms in total. The van der Waals surface area contributed by atoms with E-state index < -0.39 is 18.6 Å². The van der Waals surface area contributed by atoms with Crippen LogP contribution in [0.3, 0.4) is 0 Å². The van der Waals surface area contributed by atoms with Gasteiger partial charge in [0.2, 0.25) is 17.7 Å². The van der Waals surface area contributed by atoms with Crippen LogP contribution in [-0.2, 0) is 4.79 Å². The van der Waals surface area contributed by atoms with Crippen LogP contribution in [0.15, 0.2) is 22.7 Å². The Balaban J connectivity index is 1.74. The molecule has 11 heteroatoms. The molecule has 0 saturated heterocycles. The van der Waals surface area contributed by atoms with Crippen molar-refractivity contribution < 1.29 is 24.3 Å². The van der Waals surface area contributed by atoms with Crippen molar-refractivity contribution in [1.82, 2.24) is 25.4 Å². The molecule has 0 aliphatic carbocycles. The number of nitrogens with zero attached hydrogens (tertiary/aromatic N) is 4. The van der Waals surface area contributed by atoms with Crippen LogP contribution in [0.2, 0.25) is 0 Å². The van der Waals surface area contributed by atoms with Crippen LogP contribution >= 0.6 is 0 Å². The zero-order valence-electron chi connectivity index (χ0n) is 19.0. The number of aliphatic hydroxyl groups is 2. The first-order valence-corrected chi connectivity index (χ1v) is 10.5. The fraction of sp³-hybridized carbons (Fsp3) is 0.409. The van der Waals surface area contributed by atoms with E-state index in [1.54, 1.807) is 6.07 Å². The average Bonchev–Trinajstić information content (AvgIpc) is 3.27. The molecule has 0 saturated carbocycles. The summed E-state index contributed by atoms with van der Waals surface area (Å²) in [7, 11) is 0.